The van der Waals surface area contributed by atoms with Crippen LogP contribution in [0.5, 0.6) is 5.75 Å². The van der Waals surface area contributed by atoms with E-state index in [1.807, 2.05) is 12.3 Å². The highest BCUT2D eigenvalue weighted by Crippen LogP contribution is 2.47. The molecule has 1 fully saturated rings. The number of nitrogens with one attached hydrogen (secondary N) is 1. The molecule has 1 aliphatic carbocycles. The first-order valence-corrected chi connectivity index (χ1v) is 8.83. The van der Waals surface area contributed by atoms with Crippen molar-refractivity contribution in [2.45, 2.75) is 32.6 Å². The van der Waals surface area contributed by atoms with Crippen LogP contribution < -0.4 is 9.64 Å². The molecule has 1 aliphatic heterocycles. The molecule has 2 aromatic rings. The van der Waals surface area contributed by atoms with Gasteiger partial charge >= 0.3 is 5.97 Å². The first kappa shape index (κ1) is 16.6. The van der Waals surface area contributed by atoms with E-state index < -0.39 is 11.9 Å². The molecule has 3 atom stereocenters. The summed E-state index contributed by atoms with van der Waals surface area (Å²) < 4.78 is 5.02. The fourth-order valence-corrected chi connectivity index (χ4v) is 4.25. The Labute approximate surface area is 151 Å². The minimum atomic E-state index is -0.421. The van der Waals surface area contributed by atoms with Crippen molar-refractivity contribution in [3.8, 4) is 5.75 Å². The summed E-state index contributed by atoms with van der Waals surface area (Å²) in [6.07, 6.45) is 3.48. The molecule has 0 saturated carbocycles. The molecule has 1 saturated heterocycles. The van der Waals surface area contributed by atoms with Crippen molar-refractivity contribution in [3.05, 3.63) is 47.8 Å². The quantitative estimate of drug-likeness (QED) is 0.523. The van der Waals surface area contributed by atoms with E-state index in [4.69, 9.17) is 4.74 Å². The number of amides is 2. The first-order valence-electron chi connectivity index (χ1n) is 8.83. The van der Waals surface area contributed by atoms with Gasteiger partial charge in [-0.25, -0.2) is 4.90 Å². The van der Waals surface area contributed by atoms with Crippen LogP contribution in [0.25, 0.3) is 0 Å². The van der Waals surface area contributed by atoms with Gasteiger partial charge in [-0.2, -0.15) is 0 Å². The molecule has 6 heteroatoms. The van der Waals surface area contributed by atoms with Gasteiger partial charge in [-0.05, 0) is 48.2 Å². The van der Waals surface area contributed by atoms with Gasteiger partial charge in [0.1, 0.15) is 5.75 Å². The Morgan fingerprint density at radius 3 is 2.58 bits per heavy atom. The molecule has 6 nitrogen and oxygen atoms in total. The fraction of sp³-hybridized carbons (Fsp3) is 0.350. The van der Waals surface area contributed by atoms with Gasteiger partial charge in [0.05, 0.1) is 17.5 Å². The van der Waals surface area contributed by atoms with Crippen LogP contribution in [0.1, 0.15) is 37.4 Å². The number of aromatic amines is 1. The summed E-state index contributed by atoms with van der Waals surface area (Å²) in [4.78, 5) is 41.8. The van der Waals surface area contributed by atoms with Gasteiger partial charge in [0.2, 0.25) is 11.8 Å². The standard InChI is InChI=1S/C20H20N2O4/c1-3-12-10-16-15(8-9-21-16)18-17(12)19(24)22(20(18)25)13-4-6-14(7-5-13)26-11(2)23/h4-9,12,17-18,21H,3,10H2,1-2H3/t12-,17+,18-/m1/s1. The van der Waals surface area contributed by atoms with Crippen LogP contribution in [-0.2, 0) is 20.8 Å². The molecular formula is C20H20N2O4. The van der Waals surface area contributed by atoms with E-state index in [1.165, 1.54) is 11.8 Å². The summed E-state index contributed by atoms with van der Waals surface area (Å²) in [6, 6.07) is 8.39. The zero-order chi connectivity index (χ0) is 18.4. The van der Waals surface area contributed by atoms with Gasteiger partial charge in [-0.15, -0.1) is 0 Å². The van der Waals surface area contributed by atoms with Gasteiger partial charge < -0.3 is 9.72 Å². The number of imide groups is 1. The number of hydrogen-bond donors (Lipinski definition) is 1. The van der Waals surface area contributed by atoms with Crippen molar-refractivity contribution in [1.29, 1.82) is 0 Å². The second-order valence-electron chi connectivity index (χ2n) is 6.89. The number of carbonyl (C=O) groups is 3. The third-order valence-electron chi connectivity index (χ3n) is 5.41. The Bertz CT molecular complexity index is 883. The zero-order valence-corrected chi connectivity index (χ0v) is 14.7. The second-order valence-corrected chi connectivity index (χ2v) is 6.89. The van der Waals surface area contributed by atoms with Crippen molar-refractivity contribution in [1.82, 2.24) is 4.98 Å². The van der Waals surface area contributed by atoms with Crippen molar-refractivity contribution < 1.29 is 19.1 Å². The molecule has 4 rings (SSSR count). The maximum atomic E-state index is 13.1. The third kappa shape index (κ3) is 2.44. The molecule has 134 valence electrons. The number of ether oxygens (including phenoxy) is 1. The van der Waals surface area contributed by atoms with Gasteiger partial charge in [-0.3, -0.25) is 14.4 Å². The normalized spacial score (nSPS) is 24.4. The van der Waals surface area contributed by atoms with Crippen LogP contribution in [0.3, 0.4) is 0 Å². The number of benzene rings is 1. The molecule has 2 amide bonds. The Hall–Kier alpha value is -2.89. The number of hydrogen-bond acceptors (Lipinski definition) is 4. The van der Waals surface area contributed by atoms with Crippen LogP contribution in [0.4, 0.5) is 5.69 Å². The number of nitrogens with zero attached hydrogens (tertiary/aromatic N) is 1. The smallest absolute Gasteiger partial charge is 0.308 e. The Balaban J connectivity index is 1.70. The van der Waals surface area contributed by atoms with Crippen LogP contribution in [-0.4, -0.2) is 22.8 Å². The molecule has 0 bridgehead atoms. The number of H-pyrrole nitrogens is 1. The van der Waals surface area contributed by atoms with E-state index in [1.54, 1.807) is 24.3 Å². The predicted molar refractivity (Wildman–Crippen MR) is 94.8 cm³/mol. The highest BCUT2D eigenvalue weighted by molar-refractivity contribution is 6.24. The summed E-state index contributed by atoms with van der Waals surface area (Å²) in [5.41, 5.74) is 2.51. The summed E-state index contributed by atoms with van der Waals surface area (Å²) in [5.74, 6) is -0.939. The lowest BCUT2D eigenvalue weighted by Gasteiger charge is -2.29. The molecule has 0 unspecified atom stereocenters. The lowest BCUT2D eigenvalue weighted by molar-refractivity contribution is -0.132. The summed E-state index contributed by atoms with van der Waals surface area (Å²) in [6.45, 7) is 3.38. The zero-order valence-electron chi connectivity index (χ0n) is 14.7. The number of aromatic nitrogens is 1. The highest BCUT2D eigenvalue weighted by atomic mass is 16.5. The van der Waals surface area contributed by atoms with E-state index >= 15 is 0 Å². The van der Waals surface area contributed by atoms with Crippen LogP contribution in [0, 0.1) is 11.8 Å². The topological polar surface area (TPSA) is 79.5 Å². The molecule has 1 aromatic carbocycles. The molecule has 26 heavy (non-hydrogen) atoms. The van der Waals surface area contributed by atoms with E-state index in [0.29, 0.717) is 11.4 Å². The molecule has 2 heterocycles. The minimum absolute atomic E-state index is 0.140. The number of esters is 1. The van der Waals surface area contributed by atoms with E-state index in [2.05, 4.69) is 11.9 Å². The van der Waals surface area contributed by atoms with Crippen molar-refractivity contribution >= 4 is 23.5 Å². The van der Waals surface area contributed by atoms with Gasteiger partial charge in [0.25, 0.3) is 0 Å². The predicted octanol–water partition coefficient (Wildman–Crippen LogP) is 2.80. The van der Waals surface area contributed by atoms with Crippen molar-refractivity contribution in [2.75, 3.05) is 4.90 Å². The van der Waals surface area contributed by atoms with Gasteiger partial charge in [-0.1, -0.05) is 13.3 Å². The monoisotopic (exact) mass is 352 g/mol. The van der Waals surface area contributed by atoms with E-state index in [0.717, 1.165) is 24.1 Å². The van der Waals surface area contributed by atoms with Gasteiger partial charge in [0.15, 0.2) is 0 Å². The minimum Gasteiger partial charge on any atom is -0.427 e. The molecular weight excluding hydrogens is 332 g/mol. The molecule has 2 aliphatic rings. The molecule has 1 N–H and O–H groups in total. The second kappa shape index (κ2) is 6.12. The summed E-state index contributed by atoms with van der Waals surface area (Å²) >= 11 is 0. The molecule has 0 spiro atoms. The van der Waals surface area contributed by atoms with Crippen molar-refractivity contribution in [2.24, 2.45) is 11.8 Å². The molecule has 0 radical (unpaired) electrons. The Kier molecular flexibility index (Phi) is 3.90. The number of fused-ring (bicyclic) bond motifs is 3. The van der Waals surface area contributed by atoms with E-state index in [9.17, 15) is 14.4 Å². The average Bonchev–Trinajstić information content (AvgIpc) is 3.17. The average molecular weight is 352 g/mol. The van der Waals surface area contributed by atoms with Crippen LogP contribution in [0.15, 0.2) is 36.5 Å². The summed E-state index contributed by atoms with van der Waals surface area (Å²) in [7, 11) is 0. The van der Waals surface area contributed by atoms with Crippen molar-refractivity contribution in [3.63, 3.8) is 0 Å². The highest BCUT2D eigenvalue weighted by Gasteiger charge is 2.54. The first-order chi connectivity index (χ1) is 12.5. The Morgan fingerprint density at radius 1 is 1.19 bits per heavy atom. The van der Waals surface area contributed by atoms with E-state index in [-0.39, 0.29) is 23.7 Å². The lowest BCUT2D eigenvalue weighted by atomic mass is 9.71. The molecule has 1 aromatic heterocycles. The SMILES string of the molecule is CC[C@@H]1Cc2[nH]ccc2[C@H]2C(=O)N(c3ccc(OC(C)=O)cc3)C(=O)[C@@H]12. The number of anilines is 1. The van der Waals surface area contributed by atoms with Gasteiger partial charge in [0, 0.05) is 18.8 Å². The number of carbonyl (C=O) groups excluding carboxylic acids is 3. The largest absolute Gasteiger partial charge is 0.427 e. The summed E-state index contributed by atoms with van der Waals surface area (Å²) in [5, 5.41) is 0. The number of rotatable bonds is 3. The van der Waals surface area contributed by atoms with Crippen LogP contribution in [0.2, 0.25) is 0 Å². The third-order valence-corrected chi connectivity index (χ3v) is 5.41. The maximum absolute atomic E-state index is 13.1. The van der Waals surface area contributed by atoms with Crippen LogP contribution >= 0.6 is 0 Å². The maximum Gasteiger partial charge on any atom is 0.308 e. The fourth-order valence-electron chi connectivity index (χ4n) is 4.25. The lowest BCUT2D eigenvalue weighted by Crippen LogP contribution is -2.33. The Morgan fingerprint density at radius 2 is 1.92 bits per heavy atom.